The molecule has 0 bridgehead atoms. The lowest BCUT2D eigenvalue weighted by Crippen LogP contribution is -2.10. The zero-order valence-electron chi connectivity index (χ0n) is 25.0. The highest BCUT2D eigenvalue weighted by Crippen LogP contribution is 2.30. The minimum atomic E-state index is -0.628. The molecule has 1 heterocycles. The highest BCUT2D eigenvalue weighted by molar-refractivity contribution is 5.92. The van der Waals surface area contributed by atoms with Crippen LogP contribution < -0.4 is 9.47 Å². The van der Waals surface area contributed by atoms with E-state index in [1.165, 1.54) is 51.0 Å². The molecule has 0 aliphatic rings. The van der Waals surface area contributed by atoms with Crippen molar-refractivity contribution < 1.29 is 14.3 Å². The van der Waals surface area contributed by atoms with E-state index in [1.54, 1.807) is 30.3 Å². The third-order valence-electron chi connectivity index (χ3n) is 7.21. The zero-order chi connectivity index (χ0) is 30.0. The Hall–Kier alpha value is -4.23. The van der Waals surface area contributed by atoms with Gasteiger partial charge in [-0.3, -0.25) is 0 Å². The lowest BCUT2D eigenvalue weighted by atomic mass is 10.1. The van der Waals surface area contributed by atoms with E-state index in [0.717, 1.165) is 49.7 Å². The second-order valence-electron chi connectivity index (χ2n) is 10.6. The van der Waals surface area contributed by atoms with Crippen molar-refractivity contribution in [3.8, 4) is 35.0 Å². The van der Waals surface area contributed by atoms with E-state index < -0.39 is 5.97 Å². The number of hydrogen-bond acceptors (Lipinski definition) is 7. The van der Waals surface area contributed by atoms with Gasteiger partial charge in [0, 0.05) is 18.0 Å². The van der Waals surface area contributed by atoms with Crippen molar-refractivity contribution in [2.45, 2.75) is 97.3 Å². The molecule has 7 nitrogen and oxygen atoms in total. The number of esters is 1. The second kappa shape index (κ2) is 18.3. The van der Waals surface area contributed by atoms with Crippen molar-refractivity contribution >= 4 is 5.97 Å². The number of hydrogen-bond donors (Lipinski definition) is 0. The van der Waals surface area contributed by atoms with Gasteiger partial charge in [0.05, 0.1) is 12.2 Å². The number of unbranched alkanes of at least 4 members (excludes halogenated alkanes) is 10. The number of carbonyl (C=O) groups excluding carboxylic acids is 1. The molecule has 2 aromatic carbocycles. The normalized spacial score (nSPS) is 10.6. The summed E-state index contributed by atoms with van der Waals surface area (Å²) in [5, 5.41) is 19.4. The number of aryl methyl sites for hydroxylation is 1. The van der Waals surface area contributed by atoms with E-state index in [9.17, 15) is 15.3 Å². The van der Waals surface area contributed by atoms with E-state index in [4.69, 9.17) is 9.47 Å². The lowest BCUT2D eigenvalue weighted by Gasteiger charge is -2.12. The summed E-state index contributed by atoms with van der Waals surface area (Å²) in [6.45, 7) is 4.83. The Morgan fingerprint density at radius 2 is 1.26 bits per heavy atom. The molecule has 3 aromatic rings. The summed E-state index contributed by atoms with van der Waals surface area (Å²) < 4.78 is 11.3. The molecule has 0 amide bonds. The maximum absolute atomic E-state index is 12.9. The Balaban J connectivity index is 1.55. The summed E-state index contributed by atoms with van der Waals surface area (Å²) in [5.74, 6) is 0.303. The summed E-state index contributed by atoms with van der Waals surface area (Å²) in [6, 6.07) is 13.9. The molecule has 3 rings (SSSR count). The summed E-state index contributed by atoms with van der Waals surface area (Å²) in [7, 11) is 0. The van der Waals surface area contributed by atoms with E-state index >= 15 is 0 Å². The third kappa shape index (κ3) is 10.00. The average Bonchev–Trinajstić information content (AvgIpc) is 3.02. The Kier molecular flexibility index (Phi) is 14.0. The number of carbonyl (C=O) groups is 1. The molecule has 0 unspecified atom stereocenters. The van der Waals surface area contributed by atoms with E-state index in [2.05, 4.69) is 23.8 Å². The van der Waals surface area contributed by atoms with Gasteiger partial charge in [-0.1, -0.05) is 90.2 Å². The minimum Gasteiger partial charge on any atom is -0.492 e. The van der Waals surface area contributed by atoms with Crippen LogP contribution in [0.4, 0.5) is 0 Å². The van der Waals surface area contributed by atoms with Crippen molar-refractivity contribution in [2.24, 2.45) is 0 Å². The molecular formula is C35H42N4O3. The molecule has 0 spiro atoms. The first-order valence-electron chi connectivity index (χ1n) is 15.3. The zero-order valence-corrected chi connectivity index (χ0v) is 25.0. The molecule has 0 aliphatic carbocycles. The molecule has 0 saturated carbocycles. The highest BCUT2D eigenvalue weighted by atomic mass is 16.5. The van der Waals surface area contributed by atoms with Gasteiger partial charge in [0.25, 0.3) is 0 Å². The van der Waals surface area contributed by atoms with Crippen molar-refractivity contribution in [1.29, 1.82) is 10.5 Å². The minimum absolute atomic E-state index is 0.0195. The molecular weight excluding hydrogens is 524 g/mol. The van der Waals surface area contributed by atoms with Crippen LogP contribution in [0.3, 0.4) is 0 Å². The fourth-order valence-corrected chi connectivity index (χ4v) is 4.71. The van der Waals surface area contributed by atoms with E-state index in [0.29, 0.717) is 23.7 Å². The predicted octanol–water partition coefficient (Wildman–Crippen LogP) is 8.75. The van der Waals surface area contributed by atoms with E-state index in [-0.39, 0.29) is 16.9 Å². The molecule has 220 valence electrons. The van der Waals surface area contributed by atoms with Crippen LogP contribution >= 0.6 is 0 Å². The Morgan fingerprint density at radius 3 is 1.88 bits per heavy atom. The Morgan fingerprint density at radius 1 is 0.714 bits per heavy atom. The molecule has 1 aromatic heterocycles. The molecule has 0 N–H and O–H groups in total. The maximum Gasteiger partial charge on any atom is 0.343 e. The van der Waals surface area contributed by atoms with Crippen molar-refractivity contribution in [3.63, 3.8) is 0 Å². The Bertz CT molecular complexity index is 1340. The van der Waals surface area contributed by atoms with Gasteiger partial charge in [0.1, 0.15) is 29.0 Å². The van der Waals surface area contributed by atoms with Crippen molar-refractivity contribution in [1.82, 2.24) is 9.97 Å². The molecule has 0 atom stereocenters. The summed E-state index contributed by atoms with van der Waals surface area (Å²) in [6.07, 6.45) is 19.2. The Labute approximate surface area is 250 Å². The third-order valence-corrected chi connectivity index (χ3v) is 7.21. The van der Waals surface area contributed by atoms with Gasteiger partial charge in [0.2, 0.25) is 0 Å². The number of rotatable bonds is 18. The first-order chi connectivity index (χ1) is 20.6. The fraction of sp³-hybridized carbons (Fsp3) is 0.457. The molecule has 7 heteroatoms. The van der Waals surface area contributed by atoms with Crippen molar-refractivity contribution in [2.75, 3.05) is 6.61 Å². The van der Waals surface area contributed by atoms with Crippen LogP contribution in [0.15, 0.2) is 48.8 Å². The average molecular weight is 567 g/mol. The van der Waals surface area contributed by atoms with Gasteiger partial charge < -0.3 is 9.47 Å². The molecule has 42 heavy (non-hydrogen) atoms. The monoisotopic (exact) mass is 566 g/mol. The number of nitriles is 2. The van der Waals surface area contributed by atoms with Crippen LogP contribution in [-0.2, 0) is 6.42 Å². The number of nitrogens with zero attached hydrogens (tertiary/aromatic N) is 4. The van der Waals surface area contributed by atoms with E-state index in [1.807, 2.05) is 24.5 Å². The molecule has 0 aliphatic heterocycles. The van der Waals surface area contributed by atoms with Crippen LogP contribution in [0.1, 0.15) is 118 Å². The van der Waals surface area contributed by atoms with Gasteiger partial charge in [0.15, 0.2) is 11.6 Å². The number of aromatic nitrogens is 2. The first kappa shape index (κ1) is 32.3. The van der Waals surface area contributed by atoms with Crippen LogP contribution in [0.5, 0.6) is 11.5 Å². The largest absolute Gasteiger partial charge is 0.492 e. The highest BCUT2D eigenvalue weighted by Gasteiger charge is 2.19. The maximum atomic E-state index is 12.9. The fourth-order valence-electron chi connectivity index (χ4n) is 4.71. The van der Waals surface area contributed by atoms with Crippen LogP contribution in [0.2, 0.25) is 0 Å². The lowest BCUT2D eigenvalue weighted by molar-refractivity contribution is 0.0734. The van der Waals surface area contributed by atoms with Crippen LogP contribution in [-0.4, -0.2) is 22.5 Å². The standard InChI is InChI=1S/C35H42N4O3/c1-3-5-7-9-10-11-12-13-15-27-25-38-34(39-26-27)28-16-18-29(19-17-28)35(40)42-33-21-20-32(30(23-36)31(33)24-37)41-22-14-8-6-4-2/h16-21,25-26H,3-15,22H2,1-2H3. The van der Waals surface area contributed by atoms with Crippen LogP contribution in [0.25, 0.3) is 11.4 Å². The molecule has 0 saturated heterocycles. The van der Waals surface area contributed by atoms with Gasteiger partial charge in [-0.05, 0) is 49.1 Å². The summed E-state index contributed by atoms with van der Waals surface area (Å²) >= 11 is 0. The quantitative estimate of drug-likeness (QED) is 0.0860. The number of benzene rings is 2. The smallest absolute Gasteiger partial charge is 0.343 e. The number of ether oxygens (including phenoxy) is 2. The molecule has 0 radical (unpaired) electrons. The topological polar surface area (TPSA) is 109 Å². The van der Waals surface area contributed by atoms with Crippen LogP contribution in [0, 0.1) is 22.7 Å². The SMILES string of the molecule is CCCCCCCCCCc1cnc(-c2ccc(C(=O)Oc3ccc(OCCCCCC)c(C#N)c3C#N)cc2)nc1. The second-order valence-corrected chi connectivity index (χ2v) is 10.6. The summed E-state index contributed by atoms with van der Waals surface area (Å²) in [4.78, 5) is 21.9. The first-order valence-corrected chi connectivity index (χ1v) is 15.3. The molecule has 0 fully saturated rings. The summed E-state index contributed by atoms with van der Waals surface area (Å²) in [5.41, 5.74) is 2.27. The van der Waals surface area contributed by atoms with Gasteiger partial charge in [-0.25, -0.2) is 14.8 Å². The van der Waals surface area contributed by atoms with Gasteiger partial charge in [-0.15, -0.1) is 0 Å². The van der Waals surface area contributed by atoms with Crippen molar-refractivity contribution in [3.05, 3.63) is 71.0 Å². The predicted molar refractivity (Wildman–Crippen MR) is 164 cm³/mol. The van der Waals surface area contributed by atoms with Gasteiger partial charge >= 0.3 is 5.97 Å². The van der Waals surface area contributed by atoms with Gasteiger partial charge in [-0.2, -0.15) is 10.5 Å².